The van der Waals surface area contributed by atoms with E-state index in [1.165, 1.54) is 12.1 Å². The van der Waals surface area contributed by atoms with E-state index in [0.717, 1.165) is 5.56 Å². The molecular weight excluding hydrogens is 422 g/mol. The zero-order valence-electron chi connectivity index (χ0n) is 10.9. The Morgan fingerprint density at radius 1 is 1.10 bits per heavy atom. The molecule has 0 heterocycles. The lowest BCUT2D eigenvalue weighted by Gasteiger charge is -2.12. The molecule has 0 aliphatic carbocycles. The number of aldehydes is 1. The second-order valence-corrected chi connectivity index (χ2v) is 7.84. The van der Waals surface area contributed by atoms with Crippen molar-refractivity contribution in [1.29, 1.82) is 0 Å². The van der Waals surface area contributed by atoms with Crippen LogP contribution in [-0.4, -0.2) is 14.7 Å². The molecule has 2 aromatic rings. The van der Waals surface area contributed by atoms with Crippen molar-refractivity contribution in [2.24, 2.45) is 0 Å². The van der Waals surface area contributed by atoms with Gasteiger partial charge in [-0.2, -0.15) is 0 Å². The smallest absolute Gasteiger partial charge is 0.261 e. The maximum absolute atomic E-state index is 12.4. The van der Waals surface area contributed by atoms with Crippen molar-refractivity contribution in [2.75, 3.05) is 4.72 Å². The summed E-state index contributed by atoms with van der Waals surface area (Å²) in [4.78, 5) is 11.3. The Balaban J connectivity index is 2.46. The summed E-state index contributed by atoms with van der Waals surface area (Å²) in [5.74, 6) is 0. The molecule has 0 bridgehead atoms. The number of benzene rings is 2. The number of hydrogen-bond acceptors (Lipinski definition) is 3. The third-order valence-electron chi connectivity index (χ3n) is 2.78. The summed E-state index contributed by atoms with van der Waals surface area (Å²) in [6.07, 6.45) is 0.600. The summed E-state index contributed by atoms with van der Waals surface area (Å²) < 4.78 is 28.3. The van der Waals surface area contributed by atoms with Gasteiger partial charge in [-0.15, -0.1) is 0 Å². The molecule has 7 heteroatoms. The Morgan fingerprint density at radius 3 is 2.29 bits per heavy atom. The van der Waals surface area contributed by atoms with E-state index in [1.807, 2.05) is 6.92 Å². The monoisotopic (exact) mass is 431 g/mol. The van der Waals surface area contributed by atoms with Crippen LogP contribution in [0.15, 0.2) is 50.2 Å². The largest absolute Gasteiger partial charge is 0.298 e. The van der Waals surface area contributed by atoms with Crippen LogP contribution in [-0.2, 0) is 10.0 Å². The number of sulfonamides is 1. The van der Waals surface area contributed by atoms with Crippen LogP contribution >= 0.6 is 31.9 Å². The van der Waals surface area contributed by atoms with Crippen LogP contribution in [0.3, 0.4) is 0 Å². The van der Waals surface area contributed by atoms with Crippen molar-refractivity contribution < 1.29 is 13.2 Å². The summed E-state index contributed by atoms with van der Waals surface area (Å²) >= 11 is 6.51. The molecule has 110 valence electrons. The molecule has 4 nitrogen and oxygen atoms in total. The van der Waals surface area contributed by atoms with Gasteiger partial charge in [0, 0.05) is 14.5 Å². The molecule has 0 aromatic heterocycles. The van der Waals surface area contributed by atoms with Crippen molar-refractivity contribution in [2.45, 2.75) is 11.8 Å². The molecule has 0 spiro atoms. The molecule has 0 aliphatic rings. The molecule has 1 N–H and O–H groups in total. The maximum Gasteiger partial charge on any atom is 0.261 e. The lowest BCUT2D eigenvalue weighted by atomic mass is 10.2. The molecule has 0 aliphatic heterocycles. The predicted octanol–water partition coefficient (Wildman–Crippen LogP) is 4.13. The second-order valence-electron chi connectivity index (χ2n) is 4.39. The van der Waals surface area contributed by atoms with Gasteiger partial charge >= 0.3 is 0 Å². The summed E-state index contributed by atoms with van der Waals surface area (Å²) in [7, 11) is -3.75. The first kappa shape index (κ1) is 16.2. The quantitative estimate of drug-likeness (QED) is 0.738. The first-order chi connectivity index (χ1) is 9.83. The molecule has 0 saturated heterocycles. The van der Waals surface area contributed by atoms with Gasteiger partial charge in [-0.25, -0.2) is 8.42 Å². The number of nitrogens with one attached hydrogen (secondary N) is 1. The van der Waals surface area contributed by atoms with Crippen molar-refractivity contribution in [1.82, 2.24) is 0 Å². The molecular formula is C14H11Br2NO3S. The highest BCUT2D eigenvalue weighted by Gasteiger charge is 2.18. The Kier molecular flexibility index (Phi) is 4.85. The van der Waals surface area contributed by atoms with Crippen molar-refractivity contribution in [3.8, 4) is 0 Å². The fraction of sp³-hybridized carbons (Fsp3) is 0.0714. The maximum atomic E-state index is 12.4. The zero-order valence-corrected chi connectivity index (χ0v) is 14.9. The number of carbonyl (C=O) groups excluding carboxylic acids is 1. The van der Waals surface area contributed by atoms with E-state index < -0.39 is 10.0 Å². The van der Waals surface area contributed by atoms with Gasteiger partial charge < -0.3 is 0 Å². The first-order valence-electron chi connectivity index (χ1n) is 5.87. The van der Waals surface area contributed by atoms with E-state index in [2.05, 4.69) is 36.6 Å². The third kappa shape index (κ3) is 3.72. The Labute approximate surface area is 139 Å². The highest BCUT2D eigenvalue weighted by atomic mass is 79.9. The van der Waals surface area contributed by atoms with Gasteiger partial charge in [-0.1, -0.05) is 33.6 Å². The number of hydrogen-bond donors (Lipinski definition) is 1. The first-order valence-corrected chi connectivity index (χ1v) is 8.94. The molecule has 0 atom stereocenters. The van der Waals surface area contributed by atoms with Gasteiger partial charge in [0.15, 0.2) is 6.29 Å². The highest BCUT2D eigenvalue weighted by Crippen LogP contribution is 2.31. The van der Waals surface area contributed by atoms with E-state index in [4.69, 9.17) is 0 Å². The van der Waals surface area contributed by atoms with Gasteiger partial charge in [0.25, 0.3) is 10.0 Å². The number of halogens is 2. The van der Waals surface area contributed by atoms with Crippen molar-refractivity contribution in [3.63, 3.8) is 0 Å². The molecule has 0 fully saturated rings. The van der Waals surface area contributed by atoms with Gasteiger partial charge in [0.1, 0.15) is 0 Å². The number of aryl methyl sites for hydroxylation is 1. The van der Waals surface area contributed by atoms with Crippen LogP contribution in [0.25, 0.3) is 0 Å². The van der Waals surface area contributed by atoms with E-state index >= 15 is 0 Å². The van der Waals surface area contributed by atoms with Gasteiger partial charge in [0.05, 0.1) is 10.6 Å². The molecule has 0 saturated carbocycles. The topological polar surface area (TPSA) is 63.2 Å². The fourth-order valence-corrected chi connectivity index (χ4v) is 4.30. The molecule has 2 rings (SSSR count). The molecule has 0 radical (unpaired) electrons. The van der Waals surface area contributed by atoms with Crippen LogP contribution < -0.4 is 4.72 Å². The van der Waals surface area contributed by atoms with E-state index in [-0.39, 0.29) is 16.1 Å². The van der Waals surface area contributed by atoms with E-state index in [1.54, 1.807) is 24.3 Å². The molecule has 0 amide bonds. The van der Waals surface area contributed by atoms with Crippen LogP contribution in [0.5, 0.6) is 0 Å². The highest BCUT2D eigenvalue weighted by molar-refractivity contribution is 9.11. The van der Waals surface area contributed by atoms with E-state index in [0.29, 0.717) is 15.2 Å². The molecule has 21 heavy (non-hydrogen) atoms. The predicted molar refractivity (Wildman–Crippen MR) is 89.2 cm³/mol. The second kappa shape index (κ2) is 6.29. The lowest BCUT2D eigenvalue weighted by Crippen LogP contribution is -2.14. The van der Waals surface area contributed by atoms with Crippen LogP contribution in [0.4, 0.5) is 5.69 Å². The minimum atomic E-state index is -3.75. The van der Waals surface area contributed by atoms with Crippen LogP contribution in [0.2, 0.25) is 0 Å². The normalized spacial score (nSPS) is 11.2. The van der Waals surface area contributed by atoms with Crippen molar-refractivity contribution >= 4 is 53.9 Å². The molecule has 0 unspecified atom stereocenters. The van der Waals surface area contributed by atoms with E-state index in [9.17, 15) is 13.2 Å². The average molecular weight is 433 g/mol. The average Bonchev–Trinajstić information content (AvgIpc) is 2.42. The van der Waals surface area contributed by atoms with Crippen LogP contribution in [0, 0.1) is 6.92 Å². The number of carbonyl (C=O) groups is 1. The fourth-order valence-electron chi connectivity index (χ4n) is 1.70. The third-order valence-corrected chi connectivity index (χ3v) is 5.23. The van der Waals surface area contributed by atoms with Gasteiger partial charge in [-0.3, -0.25) is 9.52 Å². The summed E-state index contributed by atoms with van der Waals surface area (Å²) in [5.41, 5.74) is 1.42. The summed E-state index contributed by atoms with van der Waals surface area (Å²) in [6, 6.07) is 9.68. The number of rotatable bonds is 4. The lowest BCUT2D eigenvalue weighted by molar-refractivity contribution is 0.112. The SMILES string of the molecule is Cc1ccc(S(=O)(=O)Nc2c(Br)cc(Br)cc2C=O)cc1. The van der Waals surface area contributed by atoms with Gasteiger partial charge in [0.2, 0.25) is 0 Å². The summed E-state index contributed by atoms with van der Waals surface area (Å²) in [6.45, 7) is 1.87. The van der Waals surface area contributed by atoms with Crippen molar-refractivity contribution in [3.05, 3.63) is 56.5 Å². The van der Waals surface area contributed by atoms with Crippen LogP contribution in [0.1, 0.15) is 15.9 Å². The zero-order chi connectivity index (χ0) is 15.6. The summed E-state index contributed by atoms with van der Waals surface area (Å²) in [5, 5.41) is 0. The van der Waals surface area contributed by atoms with Gasteiger partial charge in [-0.05, 0) is 47.1 Å². The standard InChI is InChI=1S/C14H11Br2NO3S/c1-9-2-4-12(5-3-9)21(19,20)17-14-10(8-18)6-11(15)7-13(14)16/h2-8,17H,1H3. The number of anilines is 1. The minimum absolute atomic E-state index is 0.139. The Hall–Kier alpha value is -1.18. The Bertz CT molecular complexity index is 787. The Morgan fingerprint density at radius 2 is 1.71 bits per heavy atom. The minimum Gasteiger partial charge on any atom is -0.298 e. The molecule has 2 aromatic carbocycles.